The summed E-state index contributed by atoms with van der Waals surface area (Å²) in [6.07, 6.45) is 1.16. The lowest BCUT2D eigenvalue weighted by Crippen LogP contribution is -2.47. The van der Waals surface area contributed by atoms with E-state index in [0.717, 1.165) is 28.3 Å². The van der Waals surface area contributed by atoms with Gasteiger partial charge in [0, 0.05) is 18.0 Å². The second kappa shape index (κ2) is 11.0. The van der Waals surface area contributed by atoms with Crippen molar-refractivity contribution >= 4 is 23.4 Å². The molecule has 1 saturated heterocycles. The standard InChI is InChI=1S/C30H29N3O3S/c1-3-22-11-7-8-12-26(22)32-19-33-29(34)16-24(25(17-31)30(33)37-20-32)23-13-14-27(28(15-23)35-2)36-18-21-9-5-4-6-10-21/h4-15,24H,3,16,18-20H2,1-2H3/t24-/m0/s1. The van der Waals surface area contributed by atoms with E-state index in [0.29, 0.717) is 36.2 Å². The average Bonchev–Trinajstić information content (AvgIpc) is 2.96. The molecule has 2 aliphatic heterocycles. The second-order valence-corrected chi connectivity index (χ2v) is 9.96. The fraction of sp³-hybridized carbons (Fsp3) is 0.267. The van der Waals surface area contributed by atoms with Crippen molar-refractivity contribution in [1.29, 1.82) is 5.26 Å². The van der Waals surface area contributed by atoms with Crippen molar-refractivity contribution in [1.82, 2.24) is 4.90 Å². The van der Waals surface area contributed by atoms with Gasteiger partial charge < -0.3 is 14.4 Å². The number of aryl methyl sites for hydroxylation is 1. The molecule has 3 aromatic rings. The first-order chi connectivity index (χ1) is 18.1. The Balaban J connectivity index is 1.39. The van der Waals surface area contributed by atoms with Crippen LogP contribution in [0.1, 0.15) is 36.0 Å². The van der Waals surface area contributed by atoms with Crippen LogP contribution in [0.3, 0.4) is 0 Å². The highest BCUT2D eigenvalue weighted by molar-refractivity contribution is 8.03. The molecule has 37 heavy (non-hydrogen) atoms. The molecule has 0 bridgehead atoms. The minimum atomic E-state index is -0.317. The smallest absolute Gasteiger partial charge is 0.229 e. The van der Waals surface area contributed by atoms with Crippen LogP contribution in [0.4, 0.5) is 5.69 Å². The van der Waals surface area contributed by atoms with Crippen LogP contribution in [0, 0.1) is 11.3 Å². The molecule has 0 saturated carbocycles. The summed E-state index contributed by atoms with van der Waals surface area (Å²) in [5.74, 6) is 1.60. The number of anilines is 1. The Kier molecular flexibility index (Phi) is 7.38. The molecule has 3 aromatic carbocycles. The number of carbonyl (C=O) groups excluding carboxylic acids is 1. The van der Waals surface area contributed by atoms with Crippen LogP contribution < -0.4 is 14.4 Å². The van der Waals surface area contributed by atoms with Crippen LogP contribution in [-0.2, 0) is 17.8 Å². The summed E-state index contributed by atoms with van der Waals surface area (Å²) < 4.78 is 11.6. The van der Waals surface area contributed by atoms with Gasteiger partial charge in [-0.2, -0.15) is 5.26 Å². The molecule has 2 aliphatic rings. The van der Waals surface area contributed by atoms with E-state index in [4.69, 9.17) is 9.47 Å². The lowest BCUT2D eigenvalue weighted by molar-refractivity contribution is -0.129. The molecule has 0 spiro atoms. The van der Waals surface area contributed by atoms with Crippen molar-refractivity contribution in [3.8, 4) is 17.6 Å². The Morgan fingerprint density at radius 2 is 1.84 bits per heavy atom. The number of nitriles is 1. The van der Waals surface area contributed by atoms with Crippen molar-refractivity contribution in [2.24, 2.45) is 0 Å². The maximum Gasteiger partial charge on any atom is 0.229 e. The molecule has 1 fully saturated rings. The number of fused-ring (bicyclic) bond motifs is 1. The minimum Gasteiger partial charge on any atom is -0.493 e. The van der Waals surface area contributed by atoms with E-state index in [-0.39, 0.29) is 18.2 Å². The summed E-state index contributed by atoms with van der Waals surface area (Å²) in [6, 6.07) is 26.4. The molecule has 0 radical (unpaired) electrons. The van der Waals surface area contributed by atoms with Crippen LogP contribution in [-0.4, -0.2) is 30.5 Å². The number of hydrogen-bond acceptors (Lipinski definition) is 6. The molecule has 0 unspecified atom stereocenters. The summed E-state index contributed by atoms with van der Waals surface area (Å²) in [4.78, 5) is 17.4. The van der Waals surface area contributed by atoms with Gasteiger partial charge in [0.05, 0.1) is 36.3 Å². The van der Waals surface area contributed by atoms with Gasteiger partial charge in [0.1, 0.15) is 6.61 Å². The lowest BCUT2D eigenvalue weighted by atomic mass is 9.86. The Morgan fingerprint density at radius 3 is 2.59 bits per heavy atom. The summed E-state index contributed by atoms with van der Waals surface area (Å²) in [5.41, 5.74) is 4.96. The van der Waals surface area contributed by atoms with Gasteiger partial charge >= 0.3 is 0 Å². The number of nitrogens with zero attached hydrogens (tertiary/aromatic N) is 3. The third-order valence-corrected chi connectivity index (χ3v) is 7.99. The fourth-order valence-electron chi connectivity index (χ4n) is 4.87. The zero-order valence-electron chi connectivity index (χ0n) is 21.0. The fourth-order valence-corrected chi connectivity index (χ4v) is 6.03. The molecule has 0 N–H and O–H groups in total. The van der Waals surface area contributed by atoms with Crippen molar-refractivity contribution in [3.63, 3.8) is 0 Å². The van der Waals surface area contributed by atoms with E-state index in [1.54, 1.807) is 23.8 Å². The van der Waals surface area contributed by atoms with Crippen molar-refractivity contribution < 1.29 is 14.3 Å². The van der Waals surface area contributed by atoms with E-state index in [9.17, 15) is 10.1 Å². The molecule has 6 nitrogen and oxygen atoms in total. The number of para-hydroxylation sites is 1. The van der Waals surface area contributed by atoms with Crippen LogP contribution in [0.5, 0.6) is 11.5 Å². The van der Waals surface area contributed by atoms with E-state index in [1.165, 1.54) is 5.56 Å². The summed E-state index contributed by atoms with van der Waals surface area (Å²) in [5, 5.41) is 10.9. The maximum absolute atomic E-state index is 13.4. The van der Waals surface area contributed by atoms with Gasteiger partial charge in [0.2, 0.25) is 5.91 Å². The van der Waals surface area contributed by atoms with Gasteiger partial charge in [-0.1, -0.05) is 73.3 Å². The monoisotopic (exact) mass is 511 g/mol. The van der Waals surface area contributed by atoms with Gasteiger partial charge in [-0.3, -0.25) is 9.69 Å². The summed E-state index contributed by atoms with van der Waals surface area (Å²) in [7, 11) is 1.60. The van der Waals surface area contributed by atoms with E-state index in [1.807, 2.05) is 60.7 Å². The van der Waals surface area contributed by atoms with Gasteiger partial charge in [0.15, 0.2) is 11.5 Å². The first kappa shape index (κ1) is 24.8. The number of benzene rings is 3. The Morgan fingerprint density at radius 1 is 1.05 bits per heavy atom. The van der Waals surface area contributed by atoms with Crippen molar-refractivity contribution in [2.45, 2.75) is 32.3 Å². The molecule has 188 valence electrons. The number of allylic oxidation sites excluding steroid dienone is 1. The number of carbonyl (C=O) groups is 1. The minimum absolute atomic E-state index is 0.0218. The average molecular weight is 512 g/mol. The number of rotatable bonds is 7. The van der Waals surface area contributed by atoms with Crippen LogP contribution in [0.2, 0.25) is 0 Å². The van der Waals surface area contributed by atoms with Gasteiger partial charge in [0.25, 0.3) is 0 Å². The molecular formula is C30H29N3O3S. The van der Waals surface area contributed by atoms with Gasteiger partial charge in [-0.05, 0) is 41.3 Å². The number of amides is 1. The Hall–Kier alpha value is -3.89. The van der Waals surface area contributed by atoms with Crippen LogP contribution in [0.15, 0.2) is 83.4 Å². The largest absolute Gasteiger partial charge is 0.493 e. The zero-order chi connectivity index (χ0) is 25.8. The molecule has 1 atom stereocenters. The van der Waals surface area contributed by atoms with E-state index >= 15 is 0 Å². The normalized spacial score (nSPS) is 17.3. The number of hydrogen-bond donors (Lipinski definition) is 0. The predicted octanol–water partition coefficient (Wildman–Crippen LogP) is 6.06. The zero-order valence-corrected chi connectivity index (χ0v) is 21.8. The third kappa shape index (κ3) is 5.03. The molecule has 1 amide bonds. The van der Waals surface area contributed by atoms with E-state index in [2.05, 4.69) is 30.0 Å². The van der Waals surface area contributed by atoms with Crippen molar-refractivity contribution in [3.05, 3.63) is 100 Å². The lowest BCUT2D eigenvalue weighted by Gasteiger charge is -2.42. The Bertz CT molecular complexity index is 1370. The second-order valence-electron chi connectivity index (χ2n) is 9.03. The quantitative estimate of drug-likeness (QED) is 0.384. The van der Waals surface area contributed by atoms with Gasteiger partial charge in [-0.25, -0.2) is 0 Å². The maximum atomic E-state index is 13.4. The van der Waals surface area contributed by atoms with Crippen LogP contribution in [0.25, 0.3) is 0 Å². The highest BCUT2D eigenvalue weighted by Gasteiger charge is 2.38. The van der Waals surface area contributed by atoms with Crippen molar-refractivity contribution in [2.75, 3.05) is 24.6 Å². The van der Waals surface area contributed by atoms with Crippen LogP contribution >= 0.6 is 11.8 Å². The molecule has 0 aromatic heterocycles. The summed E-state index contributed by atoms with van der Waals surface area (Å²) in [6.45, 7) is 3.01. The first-order valence-electron chi connectivity index (χ1n) is 12.4. The molecule has 5 rings (SSSR count). The Labute approximate surface area is 222 Å². The SMILES string of the molecule is CCc1ccccc1N1CSC2=C(C#N)[C@H](c3ccc(OCc4ccccc4)c(OC)c3)CC(=O)N2C1. The number of methoxy groups -OCH3 is 1. The molecule has 0 aliphatic carbocycles. The number of thioether (sulfide) groups is 1. The topological polar surface area (TPSA) is 65.8 Å². The first-order valence-corrected chi connectivity index (χ1v) is 13.4. The predicted molar refractivity (Wildman–Crippen MR) is 146 cm³/mol. The highest BCUT2D eigenvalue weighted by atomic mass is 32.2. The number of ether oxygens (including phenoxy) is 2. The highest BCUT2D eigenvalue weighted by Crippen LogP contribution is 2.45. The third-order valence-electron chi connectivity index (χ3n) is 6.83. The van der Waals surface area contributed by atoms with E-state index < -0.39 is 0 Å². The summed E-state index contributed by atoms with van der Waals surface area (Å²) >= 11 is 1.56. The molecule has 2 heterocycles. The van der Waals surface area contributed by atoms with Gasteiger partial charge in [-0.15, -0.1) is 0 Å². The molecule has 7 heteroatoms. The molecular weight excluding hydrogens is 482 g/mol.